The number of ether oxygens (including phenoxy) is 1. The zero-order chi connectivity index (χ0) is 18.8. The summed E-state index contributed by atoms with van der Waals surface area (Å²) in [6.45, 7) is 2.04. The van der Waals surface area contributed by atoms with Crippen molar-refractivity contribution in [3.05, 3.63) is 78.1 Å². The van der Waals surface area contributed by atoms with Crippen molar-refractivity contribution in [3.8, 4) is 5.75 Å². The number of rotatable bonds is 5. The fourth-order valence-electron chi connectivity index (χ4n) is 3.39. The highest BCUT2D eigenvalue weighted by Gasteiger charge is 2.18. The van der Waals surface area contributed by atoms with Gasteiger partial charge in [0, 0.05) is 5.39 Å². The van der Waals surface area contributed by atoms with Crippen LogP contribution in [0.15, 0.2) is 71.1 Å². The summed E-state index contributed by atoms with van der Waals surface area (Å²) in [5, 5.41) is 6.24. The minimum absolute atomic E-state index is 0.0895. The molecule has 0 saturated heterocycles. The predicted octanol–water partition coefficient (Wildman–Crippen LogP) is 5.48. The van der Waals surface area contributed by atoms with Gasteiger partial charge in [-0.15, -0.1) is 0 Å². The lowest BCUT2D eigenvalue weighted by Crippen LogP contribution is -2.27. The molecule has 27 heavy (non-hydrogen) atoms. The molecule has 0 aliphatic rings. The Morgan fingerprint density at radius 2 is 1.81 bits per heavy atom. The molecule has 4 aromatic rings. The summed E-state index contributed by atoms with van der Waals surface area (Å²) < 4.78 is 11.0. The number of carbonyl (C=O) groups excluding carboxylic acids is 1. The Morgan fingerprint density at radius 3 is 2.56 bits per heavy atom. The molecule has 1 N–H and O–H groups in total. The Morgan fingerprint density at radius 1 is 1.04 bits per heavy atom. The van der Waals surface area contributed by atoms with Gasteiger partial charge in [-0.2, -0.15) is 0 Å². The predicted molar refractivity (Wildman–Crippen MR) is 107 cm³/mol. The second kappa shape index (κ2) is 7.16. The molecule has 1 amide bonds. The molecule has 1 aromatic heterocycles. The van der Waals surface area contributed by atoms with Gasteiger partial charge in [0.2, 0.25) is 0 Å². The third kappa shape index (κ3) is 3.26. The van der Waals surface area contributed by atoms with E-state index in [1.54, 1.807) is 7.11 Å². The van der Waals surface area contributed by atoms with Gasteiger partial charge in [-0.05, 0) is 47.0 Å². The lowest BCUT2D eigenvalue weighted by atomic mass is 10.0. The molecule has 0 saturated carbocycles. The molecule has 1 atom stereocenters. The molecule has 0 spiro atoms. The highest BCUT2D eigenvalue weighted by Crippen LogP contribution is 2.28. The number of amides is 1. The Hall–Kier alpha value is -3.27. The first-order chi connectivity index (χ1) is 13.2. The summed E-state index contributed by atoms with van der Waals surface area (Å²) in [4.78, 5) is 12.8. The fraction of sp³-hybridized carbons (Fsp3) is 0.174. The number of hydrogen-bond donors (Lipinski definition) is 1. The Balaban J connectivity index is 1.62. The van der Waals surface area contributed by atoms with Crippen molar-refractivity contribution in [2.75, 3.05) is 7.11 Å². The van der Waals surface area contributed by atoms with Crippen molar-refractivity contribution in [2.45, 2.75) is 19.4 Å². The monoisotopic (exact) mass is 359 g/mol. The number of fused-ring (bicyclic) bond motifs is 3. The van der Waals surface area contributed by atoms with Crippen LogP contribution in [0.3, 0.4) is 0 Å². The van der Waals surface area contributed by atoms with Crippen LogP contribution >= 0.6 is 0 Å². The minimum atomic E-state index is -0.210. The summed E-state index contributed by atoms with van der Waals surface area (Å²) in [5.74, 6) is 0.912. The van der Waals surface area contributed by atoms with Gasteiger partial charge in [0.05, 0.1) is 13.2 Å². The molecule has 0 aliphatic heterocycles. The van der Waals surface area contributed by atoms with Gasteiger partial charge in [0.15, 0.2) is 5.76 Å². The molecule has 0 radical (unpaired) electrons. The molecule has 0 aliphatic carbocycles. The van der Waals surface area contributed by atoms with Gasteiger partial charge in [-0.1, -0.05) is 49.4 Å². The van der Waals surface area contributed by atoms with Gasteiger partial charge in [-0.3, -0.25) is 4.79 Å². The number of carbonyl (C=O) groups is 1. The Bertz CT molecular complexity index is 1100. The highest BCUT2D eigenvalue weighted by molar-refractivity contribution is 6.08. The number of methoxy groups -OCH3 is 1. The molecule has 4 rings (SSSR count). The topological polar surface area (TPSA) is 51.5 Å². The van der Waals surface area contributed by atoms with Crippen LogP contribution in [0.25, 0.3) is 21.7 Å². The summed E-state index contributed by atoms with van der Waals surface area (Å²) >= 11 is 0. The third-order valence-corrected chi connectivity index (χ3v) is 4.88. The van der Waals surface area contributed by atoms with E-state index in [4.69, 9.17) is 9.15 Å². The van der Waals surface area contributed by atoms with Crippen LogP contribution in [0.1, 0.15) is 35.5 Å². The van der Waals surface area contributed by atoms with Crippen LogP contribution in [0.2, 0.25) is 0 Å². The van der Waals surface area contributed by atoms with Crippen molar-refractivity contribution in [1.82, 2.24) is 5.32 Å². The molecular formula is C23H21NO3. The van der Waals surface area contributed by atoms with E-state index >= 15 is 0 Å². The van der Waals surface area contributed by atoms with Gasteiger partial charge in [0.1, 0.15) is 11.3 Å². The van der Waals surface area contributed by atoms with E-state index < -0.39 is 0 Å². The van der Waals surface area contributed by atoms with E-state index in [1.165, 1.54) is 0 Å². The van der Waals surface area contributed by atoms with Crippen molar-refractivity contribution < 1.29 is 13.9 Å². The van der Waals surface area contributed by atoms with Gasteiger partial charge in [-0.25, -0.2) is 0 Å². The first-order valence-electron chi connectivity index (χ1n) is 9.05. The van der Waals surface area contributed by atoms with E-state index in [1.807, 2.05) is 67.6 Å². The zero-order valence-corrected chi connectivity index (χ0v) is 15.4. The highest BCUT2D eigenvalue weighted by atomic mass is 16.5. The van der Waals surface area contributed by atoms with Crippen LogP contribution in [-0.4, -0.2) is 13.0 Å². The van der Waals surface area contributed by atoms with Crippen LogP contribution in [0.4, 0.5) is 0 Å². The van der Waals surface area contributed by atoms with Crippen LogP contribution < -0.4 is 10.1 Å². The molecule has 3 aromatic carbocycles. The van der Waals surface area contributed by atoms with Crippen molar-refractivity contribution >= 4 is 27.6 Å². The first-order valence-corrected chi connectivity index (χ1v) is 9.05. The molecule has 1 heterocycles. The maximum Gasteiger partial charge on any atom is 0.287 e. The van der Waals surface area contributed by atoms with E-state index in [9.17, 15) is 4.79 Å². The zero-order valence-electron chi connectivity index (χ0n) is 15.4. The molecule has 0 fully saturated rings. The quantitative estimate of drug-likeness (QED) is 0.514. The average Bonchev–Trinajstić information content (AvgIpc) is 3.17. The summed E-state index contributed by atoms with van der Waals surface area (Å²) in [6.07, 6.45) is 0.779. The number of benzene rings is 3. The third-order valence-electron chi connectivity index (χ3n) is 4.88. The summed E-state index contributed by atoms with van der Waals surface area (Å²) in [5.41, 5.74) is 1.75. The van der Waals surface area contributed by atoms with E-state index in [-0.39, 0.29) is 11.9 Å². The maximum absolute atomic E-state index is 12.8. The largest absolute Gasteiger partial charge is 0.497 e. The molecule has 0 bridgehead atoms. The lowest BCUT2D eigenvalue weighted by molar-refractivity contribution is 0.0909. The van der Waals surface area contributed by atoms with E-state index in [0.717, 1.165) is 39.5 Å². The number of furan rings is 1. The van der Waals surface area contributed by atoms with Gasteiger partial charge in [0.25, 0.3) is 5.91 Å². The maximum atomic E-state index is 12.8. The standard InChI is InChI=1S/C23H21NO3/c1-3-20(16-8-11-17(26-2)12-9-16)24-23(25)22-14-19-18-7-5-4-6-15(18)10-13-21(19)27-22/h4-14,20H,3H2,1-2H3,(H,24,25)/t20-/m0/s1. The van der Waals surface area contributed by atoms with Gasteiger partial charge >= 0.3 is 0 Å². The number of hydrogen-bond acceptors (Lipinski definition) is 3. The normalized spacial score (nSPS) is 12.2. The van der Waals surface area contributed by atoms with Gasteiger partial charge < -0.3 is 14.5 Å². The molecule has 4 heteroatoms. The van der Waals surface area contributed by atoms with Crippen molar-refractivity contribution in [2.24, 2.45) is 0 Å². The Labute approximate surface area is 157 Å². The number of nitrogens with one attached hydrogen (secondary N) is 1. The average molecular weight is 359 g/mol. The molecule has 0 unspecified atom stereocenters. The fourth-order valence-corrected chi connectivity index (χ4v) is 3.39. The summed E-state index contributed by atoms with van der Waals surface area (Å²) in [7, 11) is 1.64. The van der Waals surface area contributed by atoms with E-state index in [2.05, 4.69) is 11.4 Å². The van der Waals surface area contributed by atoms with Crippen molar-refractivity contribution in [3.63, 3.8) is 0 Å². The molecule has 136 valence electrons. The smallest absolute Gasteiger partial charge is 0.287 e. The molecular weight excluding hydrogens is 338 g/mol. The van der Waals surface area contributed by atoms with Crippen LogP contribution in [0, 0.1) is 0 Å². The van der Waals surface area contributed by atoms with Crippen LogP contribution in [-0.2, 0) is 0 Å². The Kier molecular flexibility index (Phi) is 4.55. The SMILES string of the molecule is CC[C@H](NC(=O)c1cc2c(ccc3ccccc32)o1)c1ccc(OC)cc1. The second-order valence-electron chi connectivity index (χ2n) is 6.52. The van der Waals surface area contributed by atoms with Crippen molar-refractivity contribution in [1.29, 1.82) is 0 Å². The first kappa shape index (κ1) is 17.2. The summed E-state index contributed by atoms with van der Waals surface area (Å²) in [6, 6.07) is 21.5. The minimum Gasteiger partial charge on any atom is -0.497 e. The second-order valence-corrected chi connectivity index (χ2v) is 6.52. The van der Waals surface area contributed by atoms with Crippen LogP contribution in [0.5, 0.6) is 5.75 Å². The van der Waals surface area contributed by atoms with E-state index in [0.29, 0.717) is 5.76 Å². The lowest BCUT2D eigenvalue weighted by Gasteiger charge is -2.17. The molecule has 4 nitrogen and oxygen atoms in total.